The fourth-order valence-electron chi connectivity index (χ4n) is 5.93. The number of benzene rings is 1. The minimum Gasteiger partial charge on any atom is -0.477 e. The van der Waals surface area contributed by atoms with Gasteiger partial charge in [0.1, 0.15) is 17.2 Å². The van der Waals surface area contributed by atoms with Crippen molar-refractivity contribution in [2.75, 3.05) is 19.7 Å². The molecule has 6 heterocycles. The fourth-order valence-corrected chi connectivity index (χ4v) is 7.07. The van der Waals surface area contributed by atoms with Crippen molar-refractivity contribution in [3.05, 3.63) is 87.0 Å². The molecule has 2 aliphatic heterocycles. The maximum absolute atomic E-state index is 14.4. The molecule has 7 rings (SSSR count). The number of likely N-dealkylation sites (tertiary alicyclic amines) is 1. The predicted octanol–water partition coefficient (Wildman–Crippen LogP) is 6.29. The molecule has 5 aromatic rings. The molecule has 4 aromatic heterocycles. The zero-order chi connectivity index (χ0) is 28.8. The first-order chi connectivity index (χ1) is 20.4. The van der Waals surface area contributed by atoms with Gasteiger partial charge in [0.15, 0.2) is 11.3 Å². The number of carboxylic acid groups (broad SMARTS) is 1. The van der Waals surface area contributed by atoms with E-state index in [2.05, 4.69) is 21.3 Å². The molecule has 0 amide bonds. The van der Waals surface area contributed by atoms with Crippen LogP contribution in [0, 0.1) is 5.82 Å². The van der Waals surface area contributed by atoms with Crippen molar-refractivity contribution in [2.24, 2.45) is 0 Å². The maximum Gasteiger partial charge on any atom is 0.354 e. The van der Waals surface area contributed by atoms with Crippen LogP contribution in [0.4, 0.5) is 4.39 Å². The number of nitrogens with zero attached hydrogens (tertiary/aromatic N) is 5. The SMILES string of the molecule is O=C(O)c1ccc2nc(CN3CCC(c4csc5ccc(Cc6ccc(Cl)cc6F)nc45)CC3)n(CC3CCO3)c2n1. The van der Waals surface area contributed by atoms with Crippen LogP contribution in [0.2, 0.25) is 5.02 Å². The number of ether oxygens (including phenoxy) is 1. The summed E-state index contributed by atoms with van der Waals surface area (Å²) in [5.74, 6) is -0.0789. The molecule has 2 aliphatic rings. The maximum atomic E-state index is 14.4. The van der Waals surface area contributed by atoms with E-state index in [9.17, 15) is 14.3 Å². The number of pyridine rings is 2. The molecule has 216 valence electrons. The highest BCUT2D eigenvalue weighted by atomic mass is 35.5. The molecular weight excluding hydrogens is 577 g/mol. The lowest BCUT2D eigenvalue weighted by Crippen LogP contribution is -2.35. The molecule has 1 atom stereocenters. The Kier molecular flexibility index (Phi) is 7.39. The number of aromatic carboxylic acids is 1. The van der Waals surface area contributed by atoms with Crippen LogP contribution < -0.4 is 0 Å². The summed E-state index contributed by atoms with van der Waals surface area (Å²) in [6.07, 6.45) is 3.49. The van der Waals surface area contributed by atoms with Crippen LogP contribution in [-0.2, 0) is 24.2 Å². The summed E-state index contributed by atoms with van der Waals surface area (Å²) in [7, 11) is 0. The number of hydrogen-bond acceptors (Lipinski definition) is 7. The summed E-state index contributed by atoms with van der Waals surface area (Å²) in [5, 5.41) is 12.1. The highest BCUT2D eigenvalue weighted by Crippen LogP contribution is 2.36. The Labute approximate surface area is 250 Å². The molecule has 0 aliphatic carbocycles. The zero-order valence-electron chi connectivity index (χ0n) is 22.8. The van der Waals surface area contributed by atoms with Crippen molar-refractivity contribution < 1.29 is 19.0 Å². The Morgan fingerprint density at radius 2 is 1.93 bits per heavy atom. The molecule has 1 aromatic carbocycles. The third-order valence-electron chi connectivity index (χ3n) is 8.35. The highest BCUT2D eigenvalue weighted by Gasteiger charge is 2.27. The monoisotopic (exact) mass is 605 g/mol. The second-order valence-corrected chi connectivity index (χ2v) is 12.4. The first-order valence-electron chi connectivity index (χ1n) is 14.2. The predicted molar refractivity (Wildman–Crippen MR) is 160 cm³/mol. The van der Waals surface area contributed by atoms with E-state index in [-0.39, 0.29) is 17.6 Å². The van der Waals surface area contributed by atoms with Crippen molar-refractivity contribution in [1.82, 2.24) is 24.4 Å². The summed E-state index contributed by atoms with van der Waals surface area (Å²) >= 11 is 7.64. The lowest BCUT2D eigenvalue weighted by atomic mass is 9.90. The van der Waals surface area contributed by atoms with Gasteiger partial charge in [-0.2, -0.15) is 0 Å². The number of thiophene rings is 1. The van der Waals surface area contributed by atoms with E-state index >= 15 is 0 Å². The van der Waals surface area contributed by atoms with Crippen LogP contribution in [0.25, 0.3) is 21.4 Å². The molecular formula is C31H29ClFN5O3S. The van der Waals surface area contributed by atoms with Crippen LogP contribution in [0.15, 0.2) is 47.8 Å². The Hall–Kier alpha value is -3.44. The van der Waals surface area contributed by atoms with Crippen LogP contribution in [0.3, 0.4) is 0 Å². The Morgan fingerprint density at radius 1 is 1.10 bits per heavy atom. The smallest absolute Gasteiger partial charge is 0.354 e. The first kappa shape index (κ1) is 27.4. The second kappa shape index (κ2) is 11.3. The Bertz CT molecular complexity index is 1790. The topological polar surface area (TPSA) is 93.4 Å². The number of halogens is 2. The number of imidazole rings is 1. The molecule has 0 bridgehead atoms. The molecule has 2 saturated heterocycles. The van der Waals surface area contributed by atoms with Crippen molar-refractivity contribution in [2.45, 2.75) is 50.8 Å². The zero-order valence-corrected chi connectivity index (χ0v) is 24.4. The van der Waals surface area contributed by atoms with Crippen LogP contribution in [0.5, 0.6) is 0 Å². The lowest BCUT2D eigenvalue weighted by molar-refractivity contribution is -0.0593. The van der Waals surface area contributed by atoms with Crippen molar-refractivity contribution in [1.29, 1.82) is 0 Å². The summed E-state index contributed by atoms with van der Waals surface area (Å²) in [4.78, 5) is 28.2. The summed E-state index contributed by atoms with van der Waals surface area (Å²) < 4.78 is 23.3. The van der Waals surface area contributed by atoms with Crippen LogP contribution in [0.1, 0.15) is 58.3 Å². The van der Waals surface area contributed by atoms with E-state index in [0.717, 1.165) is 60.7 Å². The van der Waals surface area contributed by atoms with E-state index in [1.807, 2.05) is 10.6 Å². The number of fused-ring (bicyclic) bond motifs is 2. The minimum atomic E-state index is -1.05. The summed E-state index contributed by atoms with van der Waals surface area (Å²) in [6.45, 7) is 3.85. The third kappa shape index (κ3) is 5.40. The number of aromatic nitrogens is 4. The Morgan fingerprint density at radius 3 is 2.67 bits per heavy atom. The Balaban J connectivity index is 1.07. The van der Waals surface area contributed by atoms with Gasteiger partial charge in [-0.05, 0) is 91.2 Å². The summed E-state index contributed by atoms with van der Waals surface area (Å²) in [6, 6.07) is 12.1. The summed E-state index contributed by atoms with van der Waals surface area (Å²) in [5.41, 5.74) is 5.04. The van der Waals surface area contributed by atoms with Gasteiger partial charge in [-0.25, -0.2) is 19.2 Å². The van der Waals surface area contributed by atoms with Gasteiger partial charge in [-0.3, -0.25) is 9.88 Å². The molecule has 0 spiro atoms. The second-order valence-electron chi connectivity index (χ2n) is 11.1. The molecule has 1 unspecified atom stereocenters. The molecule has 2 fully saturated rings. The molecule has 0 saturated carbocycles. The molecule has 8 nitrogen and oxygen atoms in total. The van der Waals surface area contributed by atoms with Gasteiger partial charge in [0.05, 0.1) is 29.4 Å². The standard InChI is InChI=1S/C31H29ClFN5O3S/c32-20-2-1-19(24(33)14-20)13-21-3-6-27-29(34-21)23(17-42-27)18-7-10-37(11-8-18)16-28-35-25-4-5-26(31(39)40)36-30(25)38(28)15-22-9-12-41-22/h1-6,14,17-18,22H,7-13,15-16H2,(H,39,40). The number of carbonyl (C=O) groups is 1. The first-order valence-corrected chi connectivity index (χ1v) is 15.4. The van der Waals surface area contributed by atoms with E-state index in [0.29, 0.717) is 47.2 Å². The van der Waals surface area contributed by atoms with E-state index in [1.165, 1.54) is 17.7 Å². The largest absolute Gasteiger partial charge is 0.477 e. The number of carboxylic acids is 1. The van der Waals surface area contributed by atoms with Gasteiger partial charge in [-0.1, -0.05) is 17.7 Å². The molecule has 0 radical (unpaired) electrons. The number of hydrogen-bond donors (Lipinski definition) is 1. The van der Waals surface area contributed by atoms with Gasteiger partial charge in [0, 0.05) is 23.7 Å². The van der Waals surface area contributed by atoms with Gasteiger partial charge >= 0.3 is 5.97 Å². The van der Waals surface area contributed by atoms with Crippen molar-refractivity contribution in [3.8, 4) is 0 Å². The highest BCUT2D eigenvalue weighted by molar-refractivity contribution is 7.17. The number of rotatable bonds is 8. The molecule has 42 heavy (non-hydrogen) atoms. The lowest BCUT2D eigenvalue weighted by Gasteiger charge is -2.32. The average Bonchev–Trinajstić information content (AvgIpc) is 3.53. The van der Waals surface area contributed by atoms with Gasteiger partial charge < -0.3 is 14.4 Å². The fraction of sp³-hybridized carbons (Fsp3) is 0.355. The number of piperidine rings is 1. The molecule has 1 N–H and O–H groups in total. The van der Waals surface area contributed by atoms with E-state index in [1.54, 1.807) is 29.5 Å². The van der Waals surface area contributed by atoms with Crippen LogP contribution in [-0.4, -0.2) is 61.3 Å². The van der Waals surface area contributed by atoms with Crippen molar-refractivity contribution in [3.63, 3.8) is 0 Å². The average molecular weight is 606 g/mol. The van der Waals surface area contributed by atoms with E-state index in [4.69, 9.17) is 26.3 Å². The van der Waals surface area contributed by atoms with Gasteiger partial charge in [0.25, 0.3) is 0 Å². The van der Waals surface area contributed by atoms with E-state index < -0.39 is 5.97 Å². The minimum absolute atomic E-state index is 0.0172. The molecule has 11 heteroatoms. The van der Waals surface area contributed by atoms with Gasteiger partial charge in [0.2, 0.25) is 0 Å². The normalized spacial score (nSPS) is 18.1. The van der Waals surface area contributed by atoms with Gasteiger partial charge in [-0.15, -0.1) is 11.3 Å². The third-order valence-corrected chi connectivity index (χ3v) is 9.54. The quantitative estimate of drug-likeness (QED) is 0.222. The van der Waals surface area contributed by atoms with Crippen molar-refractivity contribution >= 4 is 50.3 Å². The van der Waals surface area contributed by atoms with Crippen LogP contribution >= 0.6 is 22.9 Å².